The molecule has 0 aliphatic carbocycles. The number of nitrogens with zero attached hydrogens (tertiary/aromatic N) is 3. The molecule has 6 heteroatoms. The van der Waals surface area contributed by atoms with Gasteiger partial charge in [-0.15, -0.1) is 11.3 Å². The summed E-state index contributed by atoms with van der Waals surface area (Å²) in [6.45, 7) is 0. The van der Waals surface area contributed by atoms with Crippen molar-refractivity contribution >= 4 is 39.0 Å². The SMILES string of the molecule is CNc1nc(Nc2ccc(C#N)cc2)c2ccsc2n1. The van der Waals surface area contributed by atoms with Crippen LogP contribution < -0.4 is 10.6 Å². The van der Waals surface area contributed by atoms with E-state index in [9.17, 15) is 0 Å². The van der Waals surface area contributed by atoms with Crippen LogP contribution in [0.2, 0.25) is 0 Å². The summed E-state index contributed by atoms with van der Waals surface area (Å²) in [4.78, 5) is 9.77. The van der Waals surface area contributed by atoms with Crippen molar-refractivity contribution in [3.63, 3.8) is 0 Å². The highest BCUT2D eigenvalue weighted by Gasteiger charge is 2.08. The second-order valence-electron chi connectivity index (χ2n) is 4.10. The van der Waals surface area contributed by atoms with Crippen LogP contribution in [0.15, 0.2) is 35.7 Å². The van der Waals surface area contributed by atoms with Crippen LogP contribution in [0.3, 0.4) is 0 Å². The van der Waals surface area contributed by atoms with Crippen molar-refractivity contribution in [2.75, 3.05) is 17.7 Å². The summed E-state index contributed by atoms with van der Waals surface area (Å²) < 4.78 is 0. The van der Waals surface area contributed by atoms with E-state index in [-0.39, 0.29) is 0 Å². The molecule has 5 nitrogen and oxygen atoms in total. The van der Waals surface area contributed by atoms with Gasteiger partial charge in [-0.2, -0.15) is 10.2 Å². The van der Waals surface area contributed by atoms with Gasteiger partial charge in [-0.05, 0) is 35.7 Å². The molecular weight excluding hydrogens is 270 g/mol. The van der Waals surface area contributed by atoms with Gasteiger partial charge in [0.1, 0.15) is 10.6 Å². The average Bonchev–Trinajstić information content (AvgIpc) is 2.96. The standard InChI is InChI=1S/C14H11N5S/c1-16-14-18-12(11-6-7-20-13(11)19-14)17-10-4-2-9(8-15)3-5-10/h2-7H,1H3,(H2,16,17,18,19). The molecule has 0 aliphatic heterocycles. The quantitative estimate of drug-likeness (QED) is 0.770. The molecule has 0 bridgehead atoms. The lowest BCUT2D eigenvalue weighted by molar-refractivity contribution is 1.20. The van der Waals surface area contributed by atoms with Crippen LogP contribution in [-0.4, -0.2) is 17.0 Å². The van der Waals surface area contributed by atoms with E-state index in [4.69, 9.17) is 5.26 Å². The zero-order chi connectivity index (χ0) is 13.9. The Hall–Kier alpha value is -2.65. The number of rotatable bonds is 3. The Kier molecular flexibility index (Phi) is 3.19. The normalized spacial score (nSPS) is 10.2. The average molecular weight is 281 g/mol. The number of fused-ring (bicyclic) bond motifs is 1. The van der Waals surface area contributed by atoms with Crippen LogP contribution >= 0.6 is 11.3 Å². The van der Waals surface area contributed by atoms with Gasteiger partial charge in [0.05, 0.1) is 17.0 Å². The Morgan fingerprint density at radius 3 is 2.65 bits per heavy atom. The molecule has 0 amide bonds. The summed E-state index contributed by atoms with van der Waals surface area (Å²) in [5, 5.41) is 18.0. The summed E-state index contributed by atoms with van der Waals surface area (Å²) in [5.41, 5.74) is 1.52. The van der Waals surface area contributed by atoms with Crippen molar-refractivity contribution in [1.82, 2.24) is 9.97 Å². The van der Waals surface area contributed by atoms with Gasteiger partial charge >= 0.3 is 0 Å². The molecule has 20 heavy (non-hydrogen) atoms. The van der Waals surface area contributed by atoms with Crippen molar-refractivity contribution in [3.05, 3.63) is 41.3 Å². The Labute approximate surface area is 119 Å². The van der Waals surface area contributed by atoms with E-state index in [1.54, 1.807) is 30.5 Å². The maximum atomic E-state index is 8.80. The maximum absolute atomic E-state index is 8.80. The van der Waals surface area contributed by atoms with E-state index in [1.165, 1.54) is 0 Å². The molecule has 2 N–H and O–H groups in total. The number of nitriles is 1. The predicted molar refractivity (Wildman–Crippen MR) is 81.4 cm³/mol. The molecule has 3 aromatic rings. The van der Waals surface area contributed by atoms with Gasteiger partial charge in [0.25, 0.3) is 0 Å². The summed E-state index contributed by atoms with van der Waals surface area (Å²) in [6, 6.07) is 11.4. The Balaban J connectivity index is 2.00. The van der Waals surface area contributed by atoms with Crippen molar-refractivity contribution in [2.45, 2.75) is 0 Å². The topological polar surface area (TPSA) is 73.6 Å². The molecule has 0 aliphatic rings. The molecule has 0 radical (unpaired) electrons. The number of hydrogen-bond acceptors (Lipinski definition) is 6. The highest BCUT2D eigenvalue weighted by Crippen LogP contribution is 2.28. The molecular formula is C14H11N5S. The van der Waals surface area contributed by atoms with Gasteiger partial charge in [0.15, 0.2) is 0 Å². The highest BCUT2D eigenvalue weighted by molar-refractivity contribution is 7.16. The molecule has 0 unspecified atom stereocenters. The number of anilines is 3. The van der Waals surface area contributed by atoms with E-state index in [1.807, 2.05) is 23.6 Å². The zero-order valence-electron chi connectivity index (χ0n) is 10.7. The fraction of sp³-hybridized carbons (Fsp3) is 0.0714. The minimum Gasteiger partial charge on any atom is -0.357 e. The van der Waals surface area contributed by atoms with E-state index >= 15 is 0 Å². The first kappa shape index (κ1) is 12.4. The Morgan fingerprint density at radius 2 is 1.95 bits per heavy atom. The smallest absolute Gasteiger partial charge is 0.225 e. The van der Waals surface area contributed by atoms with Gasteiger partial charge in [-0.3, -0.25) is 0 Å². The number of nitrogens with one attached hydrogen (secondary N) is 2. The third-order valence-corrected chi connectivity index (χ3v) is 3.63. The van der Waals surface area contributed by atoms with Crippen LogP contribution in [-0.2, 0) is 0 Å². The Bertz CT molecular complexity index is 785. The van der Waals surface area contributed by atoms with Crippen LogP contribution in [0, 0.1) is 11.3 Å². The molecule has 1 aromatic carbocycles. The van der Waals surface area contributed by atoms with E-state index in [0.717, 1.165) is 21.7 Å². The molecule has 0 saturated heterocycles. The molecule has 0 fully saturated rings. The molecule has 3 rings (SSSR count). The number of thiophene rings is 1. The second-order valence-corrected chi connectivity index (χ2v) is 4.99. The molecule has 98 valence electrons. The summed E-state index contributed by atoms with van der Waals surface area (Å²) >= 11 is 1.57. The van der Waals surface area contributed by atoms with Crippen molar-refractivity contribution < 1.29 is 0 Å². The van der Waals surface area contributed by atoms with Gasteiger partial charge in [-0.25, -0.2) is 4.98 Å². The summed E-state index contributed by atoms with van der Waals surface area (Å²) in [7, 11) is 1.79. The van der Waals surface area contributed by atoms with Crippen molar-refractivity contribution in [2.24, 2.45) is 0 Å². The molecule has 2 aromatic heterocycles. The minimum absolute atomic E-state index is 0.580. The third-order valence-electron chi connectivity index (χ3n) is 2.83. The van der Waals surface area contributed by atoms with E-state index in [0.29, 0.717) is 11.5 Å². The molecule has 0 spiro atoms. The lowest BCUT2D eigenvalue weighted by Crippen LogP contribution is -2.00. The third kappa shape index (κ3) is 2.27. The molecule has 0 atom stereocenters. The predicted octanol–water partition coefficient (Wildman–Crippen LogP) is 3.35. The van der Waals surface area contributed by atoms with Crippen LogP contribution in [0.4, 0.5) is 17.5 Å². The highest BCUT2D eigenvalue weighted by atomic mass is 32.1. The van der Waals surface area contributed by atoms with Crippen LogP contribution in [0.5, 0.6) is 0 Å². The lowest BCUT2D eigenvalue weighted by Gasteiger charge is -2.08. The monoisotopic (exact) mass is 281 g/mol. The number of aromatic nitrogens is 2. The first-order chi connectivity index (χ1) is 9.80. The maximum Gasteiger partial charge on any atom is 0.225 e. The first-order valence-electron chi connectivity index (χ1n) is 6.00. The summed E-state index contributed by atoms with van der Waals surface area (Å²) in [6.07, 6.45) is 0. The zero-order valence-corrected chi connectivity index (χ0v) is 11.5. The number of hydrogen-bond donors (Lipinski definition) is 2. The number of benzene rings is 1. The first-order valence-corrected chi connectivity index (χ1v) is 6.88. The van der Waals surface area contributed by atoms with E-state index in [2.05, 4.69) is 26.7 Å². The fourth-order valence-corrected chi connectivity index (χ4v) is 2.59. The van der Waals surface area contributed by atoms with Crippen molar-refractivity contribution in [1.29, 1.82) is 5.26 Å². The largest absolute Gasteiger partial charge is 0.357 e. The van der Waals surface area contributed by atoms with Crippen LogP contribution in [0.1, 0.15) is 5.56 Å². The minimum atomic E-state index is 0.580. The Morgan fingerprint density at radius 1 is 1.15 bits per heavy atom. The van der Waals surface area contributed by atoms with Gasteiger partial charge in [0.2, 0.25) is 5.95 Å². The van der Waals surface area contributed by atoms with E-state index < -0.39 is 0 Å². The lowest BCUT2D eigenvalue weighted by atomic mass is 10.2. The summed E-state index contributed by atoms with van der Waals surface area (Å²) in [5.74, 6) is 1.33. The molecule has 0 saturated carbocycles. The second kappa shape index (κ2) is 5.15. The van der Waals surface area contributed by atoms with Gasteiger partial charge in [0, 0.05) is 12.7 Å². The fourth-order valence-electron chi connectivity index (χ4n) is 1.83. The van der Waals surface area contributed by atoms with Crippen LogP contribution in [0.25, 0.3) is 10.2 Å². The molecule has 2 heterocycles. The van der Waals surface area contributed by atoms with Gasteiger partial charge in [-0.1, -0.05) is 0 Å². The van der Waals surface area contributed by atoms with Crippen molar-refractivity contribution in [3.8, 4) is 6.07 Å². The van der Waals surface area contributed by atoms with Gasteiger partial charge < -0.3 is 10.6 Å².